The van der Waals surface area contributed by atoms with Gasteiger partial charge in [0.05, 0.1) is 10.6 Å². The average Bonchev–Trinajstić information content (AvgIpc) is 3.26. The van der Waals surface area contributed by atoms with Gasteiger partial charge < -0.3 is 10.2 Å². The summed E-state index contributed by atoms with van der Waals surface area (Å²) in [4.78, 5) is 27.0. The summed E-state index contributed by atoms with van der Waals surface area (Å²) < 4.78 is 27.8. The molecule has 0 unspecified atom stereocenters. The number of hydrogen-bond acceptors (Lipinski definition) is 3. The third kappa shape index (κ3) is 4.05. The predicted octanol–water partition coefficient (Wildman–Crippen LogP) is 4.55. The van der Waals surface area contributed by atoms with Crippen molar-refractivity contribution in [3.05, 3.63) is 87.1 Å². The van der Waals surface area contributed by atoms with Crippen LogP contribution in [0, 0.1) is 11.6 Å². The Hall–Kier alpha value is -3.06. The highest BCUT2D eigenvalue weighted by Gasteiger charge is 2.26. The van der Waals surface area contributed by atoms with E-state index in [0.717, 1.165) is 11.6 Å². The molecule has 0 saturated heterocycles. The fourth-order valence-corrected chi connectivity index (χ4v) is 4.06. The van der Waals surface area contributed by atoms with Crippen LogP contribution in [0.3, 0.4) is 0 Å². The molecule has 29 heavy (non-hydrogen) atoms. The van der Waals surface area contributed by atoms with Crippen LogP contribution in [0.2, 0.25) is 0 Å². The minimum atomic E-state index is -0.696. The van der Waals surface area contributed by atoms with Gasteiger partial charge in [0.1, 0.15) is 11.6 Å². The first kappa shape index (κ1) is 19.3. The Morgan fingerprint density at radius 1 is 1.10 bits per heavy atom. The van der Waals surface area contributed by atoms with Crippen molar-refractivity contribution in [3.63, 3.8) is 0 Å². The molecule has 2 aromatic carbocycles. The molecule has 0 aliphatic carbocycles. The maximum Gasteiger partial charge on any atom is 0.261 e. The van der Waals surface area contributed by atoms with Crippen LogP contribution >= 0.6 is 11.3 Å². The van der Waals surface area contributed by atoms with Gasteiger partial charge in [-0.05, 0) is 48.1 Å². The molecule has 1 N–H and O–H groups in total. The van der Waals surface area contributed by atoms with Gasteiger partial charge >= 0.3 is 0 Å². The highest BCUT2D eigenvalue weighted by atomic mass is 32.1. The maximum atomic E-state index is 14.1. The second-order valence-electron chi connectivity index (χ2n) is 6.80. The summed E-state index contributed by atoms with van der Waals surface area (Å²) in [5.41, 5.74) is 1.95. The van der Waals surface area contributed by atoms with Gasteiger partial charge in [-0.1, -0.05) is 18.2 Å². The second-order valence-corrected chi connectivity index (χ2v) is 7.75. The number of carbonyl (C=O) groups is 2. The molecule has 0 saturated carbocycles. The van der Waals surface area contributed by atoms with E-state index < -0.39 is 11.6 Å². The summed E-state index contributed by atoms with van der Waals surface area (Å²) in [5, 5.41) is 4.67. The molecule has 4 rings (SSSR count). The van der Waals surface area contributed by atoms with Crippen LogP contribution < -0.4 is 10.2 Å². The zero-order valence-electron chi connectivity index (χ0n) is 15.5. The van der Waals surface area contributed by atoms with Crippen LogP contribution in [-0.2, 0) is 13.0 Å². The van der Waals surface area contributed by atoms with E-state index in [0.29, 0.717) is 47.6 Å². The normalized spacial score (nSPS) is 13.1. The summed E-state index contributed by atoms with van der Waals surface area (Å²) in [6.07, 6.45) is 1.10. The van der Waals surface area contributed by atoms with Crippen molar-refractivity contribution in [3.8, 4) is 0 Å². The van der Waals surface area contributed by atoms with Crippen LogP contribution in [0.1, 0.15) is 37.6 Å². The van der Waals surface area contributed by atoms with E-state index in [1.54, 1.807) is 30.3 Å². The Kier molecular flexibility index (Phi) is 5.40. The zero-order chi connectivity index (χ0) is 20.4. The third-order valence-corrected chi connectivity index (χ3v) is 5.75. The summed E-state index contributed by atoms with van der Waals surface area (Å²) in [6, 6.07) is 12.5. The van der Waals surface area contributed by atoms with Crippen LogP contribution in [0.15, 0.2) is 53.9 Å². The molecule has 3 aromatic rings. The molecule has 4 nitrogen and oxygen atoms in total. The van der Waals surface area contributed by atoms with Gasteiger partial charge in [0.15, 0.2) is 0 Å². The van der Waals surface area contributed by atoms with Crippen LogP contribution in [-0.4, -0.2) is 18.4 Å². The first-order chi connectivity index (χ1) is 14.0. The maximum absolute atomic E-state index is 14.1. The standard InChI is InChI=1S/C22H18F2N2O2S/c23-16-11-18(24)17-3-1-9-26(19(17)12-16)22(28)15-7-5-14(6-8-15)13-25-21(27)20-4-2-10-29-20/h2,4-8,10-12H,1,3,9,13H2,(H,25,27). The lowest BCUT2D eigenvalue weighted by atomic mass is 9.99. The lowest BCUT2D eigenvalue weighted by Crippen LogP contribution is -2.36. The van der Waals surface area contributed by atoms with Crippen LogP contribution in [0.5, 0.6) is 0 Å². The average molecular weight is 412 g/mol. The summed E-state index contributed by atoms with van der Waals surface area (Å²) in [7, 11) is 0. The number of carbonyl (C=O) groups excluding carboxylic acids is 2. The number of amides is 2. The van der Waals surface area contributed by atoms with Crippen LogP contribution in [0.4, 0.5) is 14.5 Å². The monoisotopic (exact) mass is 412 g/mol. The first-order valence-corrected chi connectivity index (χ1v) is 10.1. The van der Waals surface area contributed by atoms with Crippen molar-refractivity contribution in [1.29, 1.82) is 0 Å². The molecule has 2 amide bonds. The molecule has 0 atom stereocenters. The summed E-state index contributed by atoms with van der Waals surface area (Å²) >= 11 is 1.37. The zero-order valence-corrected chi connectivity index (χ0v) is 16.3. The predicted molar refractivity (Wildman–Crippen MR) is 108 cm³/mol. The Bertz CT molecular complexity index is 1050. The number of halogens is 2. The number of thiophene rings is 1. The molecule has 0 fully saturated rings. The van der Waals surface area contributed by atoms with E-state index in [1.807, 2.05) is 11.4 Å². The molecule has 0 spiro atoms. The lowest BCUT2D eigenvalue weighted by molar-refractivity contribution is 0.0952. The number of anilines is 1. The van der Waals surface area contributed by atoms with Crippen molar-refractivity contribution in [2.75, 3.05) is 11.4 Å². The number of rotatable bonds is 4. The Labute approximate surface area is 170 Å². The minimum Gasteiger partial charge on any atom is -0.347 e. The van der Waals surface area contributed by atoms with Crippen molar-refractivity contribution in [1.82, 2.24) is 5.32 Å². The van der Waals surface area contributed by atoms with Gasteiger partial charge in [-0.2, -0.15) is 0 Å². The van der Waals surface area contributed by atoms with E-state index in [9.17, 15) is 18.4 Å². The molecule has 0 bridgehead atoms. The van der Waals surface area contributed by atoms with Crippen LogP contribution in [0.25, 0.3) is 0 Å². The number of fused-ring (bicyclic) bond motifs is 1. The van der Waals surface area contributed by atoms with Crippen molar-refractivity contribution in [2.45, 2.75) is 19.4 Å². The summed E-state index contributed by atoms with van der Waals surface area (Å²) in [6.45, 7) is 0.752. The fourth-order valence-electron chi connectivity index (χ4n) is 3.42. The molecule has 2 heterocycles. The number of nitrogens with one attached hydrogen (secondary N) is 1. The lowest BCUT2D eigenvalue weighted by Gasteiger charge is -2.30. The van der Waals surface area contributed by atoms with Gasteiger partial charge in [0.2, 0.25) is 0 Å². The van der Waals surface area contributed by atoms with E-state index >= 15 is 0 Å². The Morgan fingerprint density at radius 2 is 1.90 bits per heavy atom. The smallest absolute Gasteiger partial charge is 0.261 e. The largest absolute Gasteiger partial charge is 0.347 e. The topological polar surface area (TPSA) is 49.4 Å². The van der Waals surface area contributed by atoms with Crippen molar-refractivity contribution < 1.29 is 18.4 Å². The van der Waals surface area contributed by atoms with E-state index in [-0.39, 0.29) is 11.8 Å². The van der Waals surface area contributed by atoms with E-state index in [4.69, 9.17) is 0 Å². The van der Waals surface area contributed by atoms with Gasteiger partial charge in [-0.15, -0.1) is 11.3 Å². The molecule has 1 aliphatic heterocycles. The fraction of sp³-hybridized carbons (Fsp3) is 0.182. The van der Waals surface area contributed by atoms with Gasteiger partial charge in [0.25, 0.3) is 11.8 Å². The van der Waals surface area contributed by atoms with Gasteiger partial charge in [0, 0.05) is 30.3 Å². The Morgan fingerprint density at radius 3 is 2.62 bits per heavy atom. The van der Waals surface area contributed by atoms with E-state index in [1.165, 1.54) is 22.3 Å². The van der Waals surface area contributed by atoms with Crippen molar-refractivity contribution in [2.24, 2.45) is 0 Å². The number of benzene rings is 2. The SMILES string of the molecule is O=C(NCc1ccc(C(=O)N2CCCc3c(F)cc(F)cc32)cc1)c1cccs1. The molecule has 148 valence electrons. The van der Waals surface area contributed by atoms with Gasteiger partial charge in [-0.3, -0.25) is 9.59 Å². The van der Waals surface area contributed by atoms with Crippen molar-refractivity contribution >= 4 is 28.8 Å². The molecule has 7 heteroatoms. The quantitative estimate of drug-likeness (QED) is 0.684. The number of hydrogen-bond donors (Lipinski definition) is 1. The van der Waals surface area contributed by atoms with E-state index in [2.05, 4.69) is 5.32 Å². The highest BCUT2D eigenvalue weighted by Crippen LogP contribution is 2.31. The molecular formula is C22H18F2N2O2S. The molecule has 1 aliphatic rings. The highest BCUT2D eigenvalue weighted by molar-refractivity contribution is 7.12. The number of nitrogens with zero attached hydrogens (tertiary/aromatic N) is 1. The van der Waals surface area contributed by atoms with Gasteiger partial charge in [-0.25, -0.2) is 8.78 Å². The summed E-state index contributed by atoms with van der Waals surface area (Å²) in [5.74, 6) is -1.76. The second kappa shape index (κ2) is 8.13. The Balaban J connectivity index is 1.47. The first-order valence-electron chi connectivity index (χ1n) is 9.23. The minimum absolute atomic E-state index is 0.144. The molecule has 1 aromatic heterocycles. The third-order valence-electron chi connectivity index (χ3n) is 4.88. The molecule has 0 radical (unpaired) electrons. The molecular weight excluding hydrogens is 394 g/mol.